The van der Waals surface area contributed by atoms with Gasteiger partial charge in [0.2, 0.25) is 0 Å². The highest BCUT2D eigenvalue weighted by molar-refractivity contribution is 7.18. The first-order chi connectivity index (χ1) is 12.5. The van der Waals surface area contributed by atoms with Gasteiger partial charge in [-0.25, -0.2) is 9.36 Å². The Kier molecular flexibility index (Phi) is 4.26. The maximum Gasteiger partial charge on any atom is 0.337 e. The van der Waals surface area contributed by atoms with Crippen LogP contribution < -0.4 is 11.2 Å². The van der Waals surface area contributed by atoms with E-state index in [0.29, 0.717) is 27.5 Å². The van der Waals surface area contributed by atoms with Crippen molar-refractivity contribution in [1.82, 2.24) is 9.13 Å². The van der Waals surface area contributed by atoms with Crippen molar-refractivity contribution in [2.24, 2.45) is 0 Å². The second kappa shape index (κ2) is 6.59. The number of rotatable bonds is 3. The van der Waals surface area contributed by atoms with Gasteiger partial charge < -0.3 is 0 Å². The minimum absolute atomic E-state index is 0.289. The van der Waals surface area contributed by atoms with Crippen molar-refractivity contribution in [2.75, 3.05) is 0 Å². The summed E-state index contributed by atoms with van der Waals surface area (Å²) in [6.07, 6.45) is 0. The SMILES string of the molecule is Cc1cc2c(=O)n(-c3ccccc3)c(=O)n(Cc3cccc(Cl)c3)c2s1. The van der Waals surface area contributed by atoms with Crippen LogP contribution in [0.4, 0.5) is 0 Å². The van der Waals surface area contributed by atoms with Gasteiger partial charge >= 0.3 is 5.69 Å². The lowest BCUT2D eigenvalue weighted by Crippen LogP contribution is -2.38. The summed E-state index contributed by atoms with van der Waals surface area (Å²) < 4.78 is 2.88. The van der Waals surface area contributed by atoms with Gasteiger partial charge in [-0.05, 0) is 42.8 Å². The lowest BCUT2D eigenvalue weighted by molar-refractivity contribution is 0.719. The van der Waals surface area contributed by atoms with Gasteiger partial charge in [-0.1, -0.05) is 41.9 Å². The van der Waals surface area contributed by atoms with Gasteiger partial charge in [0, 0.05) is 9.90 Å². The maximum absolute atomic E-state index is 13.2. The van der Waals surface area contributed by atoms with E-state index in [4.69, 9.17) is 11.6 Å². The van der Waals surface area contributed by atoms with E-state index < -0.39 is 0 Å². The Balaban J connectivity index is 2.03. The molecule has 4 nitrogen and oxygen atoms in total. The molecule has 0 fully saturated rings. The van der Waals surface area contributed by atoms with E-state index >= 15 is 0 Å². The third-order valence-electron chi connectivity index (χ3n) is 4.18. The second-order valence-electron chi connectivity index (χ2n) is 6.05. The van der Waals surface area contributed by atoms with Crippen LogP contribution in [0.5, 0.6) is 0 Å². The summed E-state index contributed by atoms with van der Waals surface area (Å²) in [5, 5.41) is 1.17. The maximum atomic E-state index is 13.2. The molecular weight excluding hydrogens is 368 g/mol. The van der Waals surface area contributed by atoms with E-state index in [1.54, 1.807) is 22.8 Å². The highest BCUT2D eigenvalue weighted by atomic mass is 35.5. The predicted octanol–water partition coefficient (Wildman–Crippen LogP) is 4.22. The fourth-order valence-corrected chi connectivity index (χ4v) is 4.24. The monoisotopic (exact) mass is 382 g/mol. The number of aromatic nitrogens is 2. The third kappa shape index (κ3) is 2.89. The Morgan fingerprint density at radius 3 is 2.50 bits per heavy atom. The fourth-order valence-electron chi connectivity index (χ4n) is 3.03. The van der Waals surface area contributed by atoms with E-state index in [2.05, 4.69) is 0 Å². The van der Waals surface area contributed by atoms with Crippen LogP contribution in [0.2, 0.25) is 5.02 Å². The van der Waals surface area contributed by atoms with Crippen LogP contribution in [-0.2, 0) is 6.54 Å². The summed E-state index contributed by atoms with van der Waals surface area (Å²) in [5.74, 6) is 0. The van der Waals surface area contributed by atoms with Gasteiger partial charge in [-0.3, -0.25) is 9.36 Å². The van der Waals surface area contributed by atoms with Crippen LogP contribution in [0.15, 0.2) is 70.3 Å². The summed E-state index contributed by atoms with van der Waals surface area (Å²) in [6, 6.07) is 18.2. The lowest BCUT2D eigenvalue weighted by atomic mass is 10.2. The quantitative estimate of drug-likeness (QED) is 0.532. The minimum Gasteiger partial charge on any atom is -0.280 e. The highest BCUT2D eigenvalue weighted by Gasteiger charge is 2.17. The lowest BCUT2D eigenvalue weighted by Gasteiger charge is -2.12. The van der Waals surface area contributed by atoms with Crippen molar-refractivity contribution in [1.29, 1.82) is 0 Å². The van der Waals surface area contributed by atoms with Crippen molar-refractivity contribution in [3.63, 3.8) is 0 Å². The number of thiophene rings is 1. The first kappa shape index (κ1) is 16.8. The van der Waals surface area contributed by atoms with Gasteiger partial charge in [0.15, 0.2) is 0 Å². The molecule has 6 heteroatoms. The average Bonchev–Trinajstić information content (AvgIpc) is 3.02. The molecule has 0 atom stereocenters. The fraction of sp³-hybridized carbons (Fsp3) is 0.100. The first-order valence-electron chi connectivity index (χ1n) is 8.10. The second-order valence-corrected chi connectivity index (χ2v) is 7.72. The predicted molar refractivity (Wildman–Crippen MR) is 107 cm³/mol. The normalized spacial score (nSPS) is 11.2. The molecule has 0 aliphatic carbocycles. The van der Waals surface area contributed by atoms with Gasteiger partial charge in [-0.2, -0.15) is 0 Å². The zero-order valence-corrected chi connectivity index (χ0v) is 15.6. The number of aryl methyl sites for hydroxylation is 1. The Morgan fingerprint density at radius 2 is 1.77 bits per heavy atom. The van der Waals surface area contributed by atoms with Gasteiger partial charge in [-0.15, -0.1) is 11.3 Å². The molecule has 130 valence electrons. The Bertz CT molecular complexity index is 1220. The van der Waals surface area contributed by atoms with E-state index in [-0.39, 0.29) is 11.2 Å². The van der Waals surface area contributed by atoms with Crippen molar-refractivity contribution >= 4 is 33.2 Å². The van der Waals surface area contributed by atoms with Gasteiger partial charge in [0.05, 0.1) is 17.6 Å². The largest absolute Gasteiger partial charge is 0.337 e. The number of benzene rings is 2. The summed E-state index contributed by atoms with van der Waals surface area (Å²) in [6.45, 7) is 2.29. The van der Waals surface area contributed by atoms with Crippen LogP contribution >= 0.6 is 22.9 Å². The van der Waals surface area contributed by atoms with E-state index in [0.717, 1.165) is 10.4 Å². The zero-order valence-electron chi connectivity index (χ0n) is 14.0. The molecule has 0 spiro atoms. The molecule has 26 heavy (non-hydrogen) atoms. The Labute approximate surface area is 158 Å². The molecular formula is C20H15ClN2O2S. The summed E-state index contributed by atoms with van der Waals surface area (Å²) in [7, 11) is 0. The Hall–Kier alpha value is -2.63. The zero-order chi connectivity index (χ0) is 18.3. The molecule has 2 heterocycles. The summed E-state index contributed by atoms with van der Waals surface area (Å²) >= 11 is 7.54. The number of hydrogen-bond donors (Lipinski definition) is 0. The molecule has 0 amide bonds. The standard InChI is InChI=1S/C20H15ClN2O2S/c1-13-10-17-18(24)23(16-8-3-2-4-9-16)20(25)22(19(17)26-13)12-14-6-5-7-15(21)11-14/h2-11H,12H2,1H3. The van der Waals surface area contributed by atoms with Crippen LogP contribution in [0.25, 0.3) is 15.9 Å². The topological polar surface area (TPSA) is 44.0 Å². The van der Waals surface area contributed by atoms with Crippen LogP contribution in [0.1, 0.15) is 10.4 Å². The van der Waals surface area contributed by atoms with E-state index in [9.17, 15) is 9.59 Å². The van der Waals surface area contributed by atoms with E-state index in [1.165, 1.54) is 15.9 Å². The smallest absolute Gasteiger partial charge is 0.280 e. The van der Waals surface area contributed by atoms with Crippen LogP contribution in [0.3, 0.4) is 0 Å². The third-order valence-corrected chi connectivity index (χ3v) is 5.49. The molecule has 0 saturated carbocycles. The van der Waals surface area contributed by atoms with Crippen molar-refractivity contribution in [3.05, 3.63) is 97.0 Å². The van der Waals surface area contributed by atoms with Crippen molar-refractivity contribution in [2.45, 2.75) is 13.5 Å². The molecule has 0 N–H and O–H groups in total. The molecule has 0 bridgehead atoms. The van der Waals surface area contributed by atoms with E-state index in [1.807, 2.05) is 49.4 Å². The van der Waals surface area contributed by atoms with Gasteiger partial charge in [0.25, 0.3) is 5.56 Å². The van der Waals surface area contributed by atoms with Gasteiger partial charge in [0.1, 0.15) is 4.83 Å². The molecule has 0 radical (unpaired) electrons. The Morgan fingerprint density at radius 1 is 1.00 bits per heavy atom. The first-order valence-corrected chi connectivity index (χ1v) is 9.30. The molecule has 4 aromatic rings. The van der Waals surface area contributed by atoms with Crippen LogP contribution in [0, 0.1) is 6.92 Å². The average molecular weight is 383 g/mol. The molecule has 0 unspecified atom stereocenters. The highest BCUT2D eigenvalue weighted by Crippen LogP contribution is 2.23. The number of nitrogens with zero attached hydrogens (tertiary/aromatic N) is 2. The molecule has 2 aromatic carbocycles. The molecule has 2 aromatic heterocycles. The van der Waals surface area contributed by atoms with Crippen LogP contribution in [-0.4, -0.2) is 9.13 Å². The number of halogens is 1. The van der Waals surface area contributed by atoms with Crippen molar-refractivity contribution in [3.8, 4) is 5.69 Å². The summed E-state index contributed by atoms with van der Waals surface area (Å²) in [4.78, 5) is 27.8. The number of fused-ring (bicyclic) bond motifs is 1. The number of hydrogen-bond acceptors (Lipinski definition) is 3. The molecule has 0 aliphatic rings. The number of para-hydroxylation sites is 1. The molecule has 4 rings (SSSR count). The minimum atomic E-state index is -0.351. The summed E-state index contributed by atoms with van der Waals surface area (Å²) in [5.41, 5.74) is 0.830. The molecule has 0 saturated heterocycles. The molecule has 0 aliphatic heterocycles. The van der Waals surface area contributed by atoms with Crippen molar-refractivity contribution < 1.29 is 0 Å².